The van der Waals surface area contributed by atoms with Gasteiger partial charge in [-0.3, -0.25) is 0 Å². The van der Waals surface area contributed by atoms with Gasteiger partial charge in [-0.1, -0.05) is 6.07 Å². The number of hydrogen-bond donors (Lipinski definition) is 1. The molecule has 2 unspecified atom stereocenters. The number of methoxy groups -OCH3 is 1. The second kappa shape index (κ2) is 5.09. The Morgan fingerprint density at radius 2 is 2.00 bits per heavy atom. The van der Waals surface area contributed by atoms with E-state index >= 15 is 0 Å². The second-order valence-corrected chi connectivity index (χ2v) is 5.19. The minimum atomic E-state index is 0.656. The first-order valence-electron chi connectivity index (χ1n) is 6.48. The molecule has 0 bridgehead atoms. The molecule has 0 radical (unpaired) electrons. The quantitative estimate of drug-likeness (QED) is 0.866. The third kappa shape index (κ3) is 2.47. The summed E-state index contributed by atoms with van der Waals surface area (Å²) in [6.45, 7) is 4.34. The van der Waals surface area contributed by atoms with Gasteiger partial charge in [-0.15, -0.1) is 0 Å². The summed E-state index contributed by atoms with van der Waals surface area (Å²) in [6.07, 6.45) is 3.78. The zero-order chi connectivity index (χ0) is 12.4. The highest BCUT2D eigenvalue weighted by Gasteiger charge is 2.28. The summed E-state index contributed by atoms with van der Waals surface area (Å²) in [5.74, 6) is 1.73. The number of hydrogen-bond acceptors (Lipinski definition) is 2. The van der Waals surface area contributed by atoms with E-state index < -0.39 is 0 Å². The highest BCUT2D eigenvalue weighted by Crippen LogP contribution is 2.41. The summed E-state index contributed by atoms with van der Waals surface area (Å²) in [4.78, 5) is 0. The Bertz CT molecular complexity index is 400. The van der Waals surface area contributed by atoms with Crippen LogP contribution in [0, 0.1) is 13.8 Å². The molecule has 0 heterocycles. The van der Waals surface area contributed by atoms with E-state index in [9.17, 15) is 0 Å². The van der Waals surface area contributed by atoms with Crippen molar-refractivity contribution in [3.8, 4) is 5.75 Å². The van der Waals surface area contributed by atoms with Crippen LogP contribution < -0.4 is 10.1 Å². The topological polar surface area (TPSA) is 21.3 Å². The Kier molecular flexibility index (Phi) is 3.72. The molecule has 2 rings (SSSR count). The molecule has 17 heavy (non-hydrogen) atoms. The van der Waals surface area contributed by atoms with Gasteiger partial charge in [-0.05, 0) is 63.3 Å². The number of nitrogens with one attached hydrogen (secondary N) is 1. The van der Waals surface area contributed by atoms with Crippen LogP contribution in [0.4, 0.5) is 0 Å². The van der Waals surface area contributed by atoms with Crippen molar-refractivity contribution in [3.05, 3.63) is 28.8 Å². The van der Waals surface area contributed by atoms with Crippen LogP contribution in [-0.2, 0) is 0 Å². The Balaban J connectivity index is 2.32. The minimum absolute atomic E-state index is 0.656. The van der Waals surface area contributed by atoms with E-state index in [1.165, 1.54) is 36.0 Å². The Morgan fingerprint density at radius 3 is 2.59 bits per heavy atom. The zero-order valence-corrected chi connectivity index (χ0v) is 11.3. The number of ether oxygens (including phenoxy) is 1. The van der Waals surface area contributed by atoms with Crippen molar-refractivity contribution >= 4 is 0 Å². The summed E-state index contributed by atoms with van der Waals surface area (Å²) in [7, 11) is 3.84. The van der Waals surface area contributed by atoms with E-state index in [0.717, 1.165) is 5.75 Å². The molecule has 0 aromatic heterocycles. The van der Waals surface area contributed by atoms with Crippen molar-refractivity contribution in [2.75, 3.05) is 14.2 Å². The smallest absolute Gasteiger partial charge is 0.122 e. The van der Waals surface area contributed by atoms with Gasteiger partial charge in [0.1, 0.15) is 5.75 Å². The third-order valence-electron chi connectivity index (χ3n) is 3.96. The van der Waals surface area contributed by atoms with Crippen molar-refractivity contribution in [2.24, 2.45) is 0 Å². The van der Waals surface area contributed by atoms with Gasteiger partial charge < -0.3 is 10.1 Å². The van der Waals surface area contributed by atoms with Gasteiger partial charge in [0.2, 0.25) is 0 Å². The molecule has 1 aliphatic rings. The fraction of sp³-hybridized carbons (Fsp3) is 0.600. The van der Waals surface area contributed by atoms with Gasteiger partial charge in [-0.25, -0.2) is 0 Å². The van der Waals surface area contributed by atoms with Crippen LogP contribution in [0.1, 0.15) is 41.9 Å². The molecule has 0 spiro atoms. The molecule has 2 nitrogen and oxygen atoms in total. The maximum absolute atomic E-state index is 5.57. The van der Waals surface area contributed by atoms with Gasteiger partial charge in [0.25, 0.3) is 0 Å². The second-order valence-electron chi connectivity index (χ2n) is 5.19. The van der Waals surface area contributed by atoms with Gasteiger partial charge in [-0.2, -0.15) is 0 Å². The highest BCUT2D eigenvalue weighted by atomic mass is 16.5. The summed E-state index contributed by atoms with van der Waals surface area (Å²) >= 11 is 0. The number of benzene rings is 1. The van der Waals surface area contributed by atoms with Crippen molar-refractivity contribution in [1.29, 1.82) is 0 Å². The van der Waals surface area contributed by atoms with E-state index in [-0.39, 0.29) is 0 Å². The van der Waals surface area contributed by atoms with Crippen LogP contribution in [0.3, 0.4) is 0 Å². The molecule has 2 heteroatoms. The van der Waals surface area contributed by atoms with Crippen molar-refractivity contribution in [1.82, 2.24) is 5.32 Å². The van der Waals surface area contributed by atoms with Crippen LogP contribution in [0.5, 0.6) is 5.75 Å². The molecule has 1 saturated carbocycles. The first kappa shape index (κ1) is 12.4. The molecule has 1 aliphatic carbocycles. The molecule has 94 valence electrons. The third-order valence-corrected chi connectivity index (χ3v) is 3.96. The van der Waals surface area contributed by atoms with Crippen LogP contribution in [-0.4, -0.2) is 20.2 Å². The lowest BCUT2D eigenvalue weighted by molar-refractivity contribution is 0.404. The summed E-state index contributed by atoms with van der Waals surface area (Å²) in [6, 6.07) is 5.10. The van der Waals surface area contributed by atoms with Gasteiger partial charge in [0.15, 0.2) is 0 Å². The first-order valence-corrected chi connectivity index (χ1v) is 6.48. The van der Waals surface area contributed by atoms with Crippen LogP contribution >= 0.6 is 0 Å². The van der Waals surface area contributed by atoms with E-state index in [0.29, 0.717) is 12.0 Å². The van der Waals surface area contributed by atoms with Crippen LogP contribution in [0.2, 0.25) is 0 Å². The molecular weight excluding hydrogens is 210 g/mol. The van der Waals surface area contributed by atoms with Gasteiger partial charge in [0, 0.05) is 11.6 Å². The molecule has 2 atom stereocenters. The van der Waals surface area contributed by atoms with Crippen LogP contribution in [0.25, 0.3) is 0 Å². The molecule has 1 fully saturated rings. The molecule has 1 N–H and O–H groups in total. The Morgan fingerprint density at radius 1 is 1.24 bits per heavy atom. The molecule has 0 amide bonds. The predicted octanol–water partition coefficient (Wildman–Crippen LogP) is 3.17. The van der Waals surface area contributed by atoms with Crippen molar-refractivity contribution < 1.29 is 4.74 Å². The monoisotopic (exact) mass is 233 g/mol. The maximum Gasteiger partial charge on any atom is 0.122 e. The average molecular weight is 233 g/mol. The molecular formula is C15H23NO. The highest BCUT2D eigenvalue weighted by molar-refractivity contribution is 5.45. The lowest BCUT2D eigenvalue weighted by Gasteiger charge is -2.18. The van der Waals surface area contributed by atoms with Crippen LogP contribution in [0.15, 0.2) is 12.1 Å². The predicted molar refractivity (Wildman–Crippen MR) is 71.9 cm³/mol. The number of aryl methyl sites for hydroxylation is 2. The SMILES string of the molecule is CNC1CCC(c2c(C)cc(C)cc2OC)C1. The summed E-state index contributed by atoms with van der Waals surface area (Å²) < 4.78 is 5.57. The fourth-order valence-electron chi connectivity index (χ4n) is 3.14. The lowest BCUT2D eigenvalue weighted by Crippen LogP contribution is -2.21. The minimum Gasteiger partial charge on any atom is -0.496 e. The Hall–Kier alpha value is -1.02. The van der Waals surface area contributed by atoms with Gasteiger partial charge in [0.05, 0.1) is 7.11 Å². The van der Waals surface area contributed by atoms with E-state index in [1.54, 1.807) is 7.11 Å². The van der Waals surface area contributed by atoms with Gasteiger partial charge >= 0.3 is 0 Å². The molecule has 1 aromatic carbocycles. The standard InChI is InChI=1S/C15H23NO/c1-10-7-11(2)15(14(8-10)17-4)12-5-6-13(9-12)16-3/h7-8,12-13,16H,5-6,9H2,1-4H3. The maximum atomic E-state index is 5.57. The zero-order valence-electron chi connectivity index (χ0n) is 11.3. The van der Waals surface area contributed by atoms with Crippen molar-refractivity contribution in [3.63, 3.8) is 0 Å². The normalized spacial score (nSPS) is 24.0. The molecule has 1 aromatic rings. The average Bonchev–Trinajstić information content (AvgIpc) is 2.76. The summed E-state index contributed by atoms with van der Waals surface area (Å²) in [5.41, 5.74) is 4.09. The van der Waals surface area contributed by atoms with E-state index in [4.69, 9.17) is 4.74 Å². The van der Waals surface area contributed by atoms with Crippen molar-refractivity contribution in [2.45, 2.75) is 45.1 Å². The first-order chi connectivity index (χ1) is 8.15. The Labute approximate surface area is 104 Å². The molecule has 0 saturated heterocycles. The largest absolute Gasteiger partial charge is 0.496 e. The lowest BCUT2D eigenvalue weighted by atomic mass is 9.91. The fourth-order valence-corrected chi connectivity index (χ4v) is 3.14. The van der Waals surface area contributed by atoms with E-state index in [1.807, 2.05) is 0 Å². The summed E-state index contributed by atoms with van der Waals surface area (Å²) in [5, 5.41) is 3.39. The number of rotatable bonds is 3. The molecule has 0 aliphatic heterocycles. The van der Waals surface area contributed by atoms with E-state index in [2.05, 4.69) is 38.3 Å².